The van der Waals surface area contributed by atoms with Crippen molar-refractivity contribution in [3.63, 3.8) is 0 Å². The predicted molar refractivity (Wildman–Crippen MR) is 110 cm³/mol. The number of aromatic nitrogens is 1. The van der Waals surface area contributed by atoms with E-state index in [-0.39, 0.29) is 11.6 Å². The molecule has 0 spiro atoms. The van der Waals surface area contributed by atoms with Crippen LogP contribution in [0.2, 0.25) is 0 Å². The lowest BCUT2D eigenvalue weighted by molar-refractivity contribution is 0.0974. The summed E-state index contributed by atoms with van der Waals surface area (Å²) in [6.07, 6.45) is 3.17. The van der Waals surface area contributed by atoms with Gasteiger partial charge in [0.1, 0.15) is 5.82 Å². The van der Waals surface area contributed by atoms with Crippen molar-refractivity contribution in [1.29, 1.82) is 0 Å². The highest BCUT2D eigenvalue weighted by Crippen LogP contribution is 2.25. The number of Topliss-reactive ketones (excluding diaryl/α,β-unsaturated/α-hetero) is 1. The number of hydrogen-bond acceptors (Lipinski definition) is 4. The van der Waals surface area contributed by atoms with Crippen LogP contribution in [0.15, 0.2) is 60.8 Å². The molecule has 5 heteroatoms. The maximum Gasteiger partial charge on any atom is 0.162 e. The Hall–Kier alpha value is -2.79. The summed E-state index contributed by atoms with van der Waals surface area (Å²) in [6, 6.07) is 16.2. The fourth-order valence-corrected chi connectivity index (χ4v) is 3.80. The number of piperazine rings is 1. The molecule has 4 nitrogen and oxygen atoms in total. The molecule has 2 heterocycles. The molecule has 1 aliphatic rings. The summed E-state index contributed by atoms with van der Waals surface area (Å²) in [5, 5.41) is 1.17. The molecule has 0 saturated carbocycles. The van der Waals surface area contributed by atoms with Gasteiger partial charge in [-0.25, -0.2) is 4.39 Å². The largest absolute Gasteiger partial charge is 0.367 e. The van der Waals surface area contributed by atoms with Gasteiger partial charge in [0.05, 0.1) is 11.2 Å². The van der Waals surface area contributed by atoms with E-state index in [1.165, 1.54) is 23.2 Å². The molecule has 1 aromatic heterocycles. The van der Waals surface area contributed by atoms with Crippen molar-refractivity contribution in [1.82, 2.24) is 9.88 Å². The third-order valence-corrected chi connectivity index (χ3v) is 5.37. The molecule has 4 rings (SSSR count). The number of ketones is 1. The lowest BCUT2D eigenvalue weighted by atomic mass is 10.1. The molecule has 1 aliphatic heterocycles. The molecule has 0 bridgehead atoms. The maximum atomic E-state index is 13.0. The van der Waals surface area contributed by atoms with E-state index in [1.807, 2.05) is 12.3 Å². The molecule has 0 unspecified atom stereocenters. The summed E-state index contributed by atoms with van der Waals surface area (Å²) in [5.74, 6) is -0.226. The molecular formula is C23H24FN3O. The van der Waals surface area contributed by atoms with Crippen LogP contribution < -0.4 is 4.90 Å². The third kappa shape index (κ3) is 4.20. The van der Waals surface area contributed by atoms with E-state index in [0.29, 0.717) is 12.0 Å². The molecule has 3 aromatic rings. The third-order valence-electron chi connectivity index (χ3n) is 5.37. The number of pyridine rings is 1. The van der Waals surface area contributed by atoms with Crippen LogP contribution in [0.1, 0.15) is 23.2 Å². The summed E-state index contributed by atoms with van der Waals surface area (Å²) < 4.78 is 13.0. The van der Waals surface area contributed by atoms with Crippen molar-refractivity contribution in [3.05, 3.63) is 72.2 Å². The van der Waals surface area contributed by atoms with Gasteiger partial charge >= 0.3 is 0 Å². The number of nitrogens with zero attached hydrogens (tertiary/aromatic N) is 3. The maximum absolute atomic E-state index is 13.0. The molecule has 144 valence electrons. The fourth-order valence-electron chi connectivity index (χ4n) is 3.80. The average molecular weight is 377 g/mol. The number of halogens is 1. The second-order valence-electron chi connectivity index (χ2n) is 7.21. The summed E-state index contributed by atoms with van der Waals surface area (Å²) in [7, 11) is 0. The van der Waals surface area contributed by atoms with Crippen LogP contribution in [-0.4, -0.2) is 48.4 Å². The van der Waals surface area contributed by atoms with Crippen molar-refractivity contribution in [2.75, 3.05) is 37.6 Å². The second kappa shape index (κ2) is 8.48. The highest BCUT2D eigenvalue weighted by Gasteiger charge is 2.19. The molecule has 0 N–H and O–H groups in total. The summed E-state index contributed by atoms with van der Waals surface area (Å²) in [5.41, 5.74) is 2.85. The molecule has 0 atom stereocenters. The SMILES string of the molecule is O=C(CCCN1CCN(c2cccc3cccnc23)CC1)c1ccc(F)cc1. The number of benzene rings is 2. The van der Waals surface area contributed by atoms with Gasteiger partial charge in [-0.1, -0.05) is 18.2 Å². The lowest BCUT2D eigenvalue weighted by Gasteiger charge is -2.36. The highest BCUT2D eigenvalue weighted by atomic mass is 19.1. The first kappa shape index (κ1) is 18.6. The van der Waals surface area contributed by atoms with E-state index in [4.69, 9.17) is 0 Å². The number of hydrogen-bond donors (Lipinski definition) is 0. The van der Waals surface area contributed by atoms with Gasteiger partial charge in [-0.05, 0) is 49.4 Å². The van der Waals surface area contributed by atoms with Crippen LogP contribution in [0.25, 0.3) is 10.9 Å². The average Bonchev–Trinajstić information content (AvgIpc) is 2.74. The van der Waals surface area contributed by atoms with Gasteiger partial charge in [0.25, 0.3) is 0 Å². The molecule has 28 heavy (non-hydrogen) atoms. The number of para-hydroxylation sites is 1. The van der Waals surface area contributed by atoms with Gasteiger partial charge in [0.15, 0.2) is 5.78 Å². The minimum absolute atomic E-state index is 0.0838. The van der Waals surface area contributed by atoms with E-state index in [9.17, 15) is 9.18 Å². The van der Waals surface area contributed by atoms with Gasteiger partial charge in [0, 0.05) is 49.7 Å². The first-order valence-electron chi connectivity index (χ1n) is 9.80. The summed E-state index contributed by atoms with van der Waals surface area (Å²) in [6.45, 7) is 4.79. The Morgan fingerprint density at radius 1 is 0.964 bits per heavy atom. The van der Waals surface area contributed by atoms with Crippen molar-refractivity contribution < 1.29 is 9.18 Å². The first-order valence-corrected chi connectivity index (χ1v) is 9.80. The van der Waals surface area contributed by atoms with Crippen molar-refractivity contribution >= 4 is 22.4 Å². The van der Waals surface area contributed by atoms with Gasteiger partial charge in [0.2, 0.25) is 0 Å². The molecule has 0 amide bonds. The zero-order valence-corrected chi connectivity index (χ0v) is 15.9. The van der Waals surface area contributed by atoms with Crippen molar-refractivity contribution in [3.8, 4) is 0 Å². The quantitative estimate of drug-likeness (QED) is 0.605. The zero-order chi connectivity index (χ0) is 19.3. The topological polar surface area (TPSA) is 36.4 Å². The van der Waals surface area contributed by atoms with Crippen molar-refractivity contribution in [2.24, 2.45) is 0 Å². The molecule has 2 aromatic carbocycles. The Kier molecular flexibility index (Phi) is 5.63. The van der Waals surface area contributed by atoms with E-state index in [2.05, 4.69) is 39.0 Å². The highest BCUT2D eigenvalue weighted by molar-refractivity contribution is 5.96. The first-order chi connectivity index (χ1) is 13.7. The van der Waals surface area contributed by atoms with Crippen LogP contribution >= 0.6 is 0 Å². The van der Waals surface area contributed by atoms with Gasteiger partial charge in [-0.3, -0.25) is 14.7 Å². The van der Waals surface area contributed by atoms with Crippen LogP contribution in [0, 0.1) is 5.82 Å². The number of fused-ring (bicyclic) bond motifs is 1. The van der Waals surface area contributed by atoms with Crippen molar-refractivity contribution in [2.45, 2.75) is 12.8 Å². The molecule has 1 fully saturated rings. The zero-order valence-electron chi connectivity index (χ0n) is 15.9. The van der Waals surface area contributed by atoms with Crippen LogP contribution in [0.4, 0.5) is 10.1 Å². The normalized spacial score (nSPS) is 15.1. The van der Waals surface area contributed by atoms with Crippen LogP contribution in [0.3, 0.4) is 0 Å². The number of rotatable bonds is 6. The minimum atomic E-state index is -0.309. The summed E-state index contributed by atoms with van der Waals surface area (Å²) >= 11 is 0. The van der Waals surface area contributed by atoms with Gasteiger partial charge in [-0.15, -0.1) is 0 Å². The van der Waals surface area contributed by atoms with Gasteiger partial charge in [-0.2, -0.15) is 0 Å². The second-order valence-corrected chi connectivity index (χ2v) is 7.21. The molecular weight excluding hydrogens is 353 g/mol. The standard InChI is InChI=1S/C23H24FN3O/c24-20-10-8-18(9-11-20)22(28)7-3-13-26-14-16-27(17-15-26)21-6-1-4-19-5-2-12-25-23(19)21/h1-2,4-6,8-12H,3,7,13-17H2. The number of anilines is 1. The Morgan fingerprint density at radius 3 is 2.50 bits per heavy atom. The van der Waals surface area contributed by atoms with E-state index in [0.717, 1.165) is 44.7 Å². The van der Waals surface area contributed by atoms with Crippen LogP contribution in [0.5, 0.6) is 0 Å². The number of carbonyl (C=O) groups is 1. The van der Waals surface area contributed by atoms with E-state index in [1.54, 1.807) is 12.1 Å². The predicted octanol–water partition coefficient (Wildman–Crippen LogP) is 4.16. The smallest absolute Gasteiger partial charge is 0.162 e. The fraction of sp³-hybridized carbons (Fsp3) is 0.304. The Morgan fingerprint density at radius 2 is 1.71 bits per heavy atom. The molecule has 0 radical (unpaired) electrons. The van der Waals surface area contributed by atoms with E-state index >= 15 is 0 Å². The molecule has 0 aliphatic carbocycles. The number of carbonyl (C=O) groups excluding carboxylic acids is 1. The monoisotopic (exact) mass is 377 g/mol. The molecule has 1 saturated heterocycles. The van der Waals surface area contributed by atoms with E-state index < -0.39 is 0 Å². The minimum Gasteiger partial charge on any atom is -0.367 e. The Labute approximate surface area is 164 Å². The summed E-state index contributed by atoms with van der Waals surface area (Å²) in [4.78, 5) is 21.6. The Bertz CT molecular complexity index is 944. The van der Waals surface area contributed by atoms with Gasteiger partial charge < -0.3 is 4.90 Å². The Balaban J connectivity index is 1.27. The van der Waals surface area contributed by atoms with Crippen LogP contribution in [-0.2, 0) is 0 Å². The lowest BCUT2D eigenvalue weighted by Crippen LogP contribution is -2.46.